The fourth-order valence-electron chi connectivity index (χ4n) is 0.620. The van der Waals surface area contributed by atoms with E-state index in [-0.39, 0.29) is 0 Å². The van der Waals surface area contributed by atoms with Crippen LogP contribution in [0.15, 0.2) is 17.4 Å². The zero-order valence-electron chi connectivity index (χ0n) is 5.20. The molecule has 0 N–H and O–H groups in total. The van der Waals surface area contributed by atoms with Crippen LogP contribution in [0.5, 0.6) is 0 Å². The van der Waals surface area contributed by atoms with E-state index in [1.54, 1.807) is 12.5 Å². The van der Waals surface area contributed by atoms with Gasteiger partial charge in [-0.15, -0.1) is 12.6 Å². The minimum absolute atomic E-state index is 0.875. The Balaban J connectivity index is 3.01. The Morgan fingerprint density at radius 1 is 1.67 bits per heavy atom. The molecule has 0 aliphatic carbocycles. The molecule has 9 heavy (non-hydrogen) atoms. The quantitative estimate of drug-likeness (QED) is 0.595. The summed E-state index contributed by atoms with van der Waals surface area (Å²) in [5.74, 6) is 0. The maximum atomic E-state index is 4.15. The number of aromatic nitrogens is 2. The lowest BCUT2D eigenvalue weighted by Gasteiger charge is -1.95. The van der Waals surface area contributed by atoms with Crippen molar-refractivity contribution in [3.63, 3.8) is 0 Å². The van der Waals surface area contributed by atoms with E-state index in [4.69, 9.17) is 0 Å². The Hall–Kier alpha value is -0.570. The average molecular weight is 140 g/mol. The van der Waals surface area contributed by atoms with Gasteiger partial charge in [-0.2, -0.15) is 0 Å². The molecule has 3 heteroatoms. The van der Waals surface area contributed by atoms with Crippen molar-refractivity contribution in [2.45, 2.75) is 18.2 Å². The number of nitrogens with zero attached hydrogens (tertiary/aromatic N) is 2. The first-order valence-electron chi connectivity index (χ1n) is 2.82. The molecule has 48 valence electrons. The van der Waals surface area contributed by atoms with Crippen molar-refractivity contribution in [3.8, 4) is 0 Å². The number of rotatable bonds is 1. The third kappa shape index (κ3) is 1.42. The van der Waals surface area contributed by atoms with Crippen molar-refractivity contribution in [1.82, 2.24) is 9.97 Å². The van der Waals surface area contributed by atoms with Gasteiger partial charge in [-0.3, -0.25) is 0 Å². The SMILES string of the molecule is CCc1ncncc1S. The number of hydrogen-bond donors (Lipinski definition) is 1. The van der Waals surface area contributed by atoms with E-state index in [1.165, 1.54) is 0 Å². The molecule has 1 aromatic rings. The molecule has 0 amide bonds. The van der Waals surface area contributed by atoms with E-state index in [1.807, 2.05) is 6.92 Å². The molecular formula is C6H8N2S. The lowest BCUT2D eigenvalue weighted by Crippen LogP contribution is -1.88. The molecule has 2 nitrogen and oxygen atoms in total. The Morgan fingerprint density at radius 3 is 2.89 bits per heavy atom. The maximum Gasteiger partial charge on any atom is 0.115 e. The molecule has 1 heterocycles. The summed E-state index contributed by atoms with van der Waals surface area (Å²) in [4.78, 5) is 8.69. The maximum absolute atomic E-state index is 4.15. The third-order valence-corrected chi connectivity index (χ3v) is 1.48. The van der Waals surface area contributed by atoms with Gasteiger partial charge in [-0.05, 0) is 6.42 Å². The van der Waals surface area contributed by atoms with E-state index >= 15 is 0 Å². The van der Waals surface area contributed by atoms with Gasteiger partial charge < -0.3 is 0 Å². The van der Waals surface area contributed by atoms with Crippen LogP contribution in [0.2, 0.25) is 0 Å². The van der Waals surface area contributed by atoms with Crippen LogP contribution < -0.4 is 0 Å². The largest absolute Gasteiger partial charge is 0.244 e. The summed E-state index contributed by atoms with van der Waals surface area (Å²) in [6.07, 6.45) is 4.16. The minimum Gasteiger partial charge on any atom is -0.244 e. The summed E-state index contributed by atoms with van der Waals surface area (Å²) < 4.78 is 0. The van der Waals surface area contributed by atoms with Crippen LogP contribution in [0, 0.1) is 0 Å². The van der Waals surface area contributed by atoms with Gasteiger partial charge in [0.1, 0.15) is 6.33 Å². The molecule has 1 rings (SSSR count). The molecular weight excluding hydrogens is 132 g/mol. The van der Waals surface area contributed by atoms with E-state index in [0.29, 0.717) is 0 Å². The second kappa shape index (κ2) is 2.82. The first kappa shape index (κ1) is 6.55. The summed E-state index contributed by atoms with van der Waals surface area (Å²) in [6.45, 7) is 2.04. The highest BCUT2D eigenvalue weighted by molar-refractivity contribution is 7.80. The van der Waals surface area contributed by atoms with E-state index in [0.717, 1.165) is 17.0 Å². The van der Waals surface area contributed by atoms with Crippen LogP contribution in [0.4, 0.5) is 0 Å². The van der Waals surface area contributed by atoms with Gasteiger partial charge in [0.05, 0.1) is 5.69 Å². The van der Waals surface area contributed by atoms with Crippen LogP contribution in [0.25, 0.3) is 0 Å². The summed E-state index contributed by atoms with van der Waals surface area (Å²) in [6, 6.07) is 0. The molecule has 0 radical (unpaired) electrons. The highest BCUT2D eigenvalue weighted by atomic mass is 32.1. The second-order valence-corrected chi connectivity index (χ2v) is 2.19. The number of thiol groups is 1. The van der Waals surface area contributed by atoms with Crippen LogP contribution in [-0.4, -0.2) is 9.97 Å². The van der Waals surface area contributed by atoms with Crippen molar-refractivity contribution < 1.29 is 0 Å². The van der Waals surface area contributed by atoms with E-state index < -0.39 is 0 Å². The van der Waals surface area contributed by atoms with Gasteiger partial charge >= 0.3 is 0 Å². The number of hydrogen-bond acceptors (Lipinski definition) is 3. The fraction of sp³-hybridized carbons (Fsp3) is 0.333. The lowest BCUT2D eigenvalue weighted by atomic mass is 10.3. The molecule has 0 fully saturated rings. The second-order valence-electron chi connectivity index (χ2n) is 1.71. The van der Waals surface area contributed by atoms with Gasteiger partial charge in [-0.25, -0.2) is 9.97 Å². The van der Waals surface area contributed by atoms with Gasteiger partial charge in [0, 0.05) is 11.1 Å². The zero-order chi connectivity index (χ0) is 6.69. The highest BCUT2D eigenvalue weighted by Crippen LogP contribution is 2.07. The first-order valence-corrected chi connectivity index (χ1v) is 3.27. The summed E-state index contributed by atoms with van der Waals surface area (Å²) in [5, 5.41) is 0. The normalized spacial score (nSPS) is 9.56. The molecule has 0 unspecified atom stereocenters. The van der Waals surface area contributed by atoms with Gasteiger partial charge in [0.2, 0.25) is 0 Å². The predicted octanol–water partition coefficient (Wildman–Crippen LogP) is 1.33. The third-order valence-electron chi connectivity index (χ3n) is 1.11. The Labute approximate surface area is 59.8 Å². The monoisotopic (exact) mass is 140 g/mol. The molecule has 0 spiro atoms. The van der Waals surface area contributed by atoms with Gasteiger partial charge in [0.25, 0.3) is 0 Å². The van der Waals surface area contributed by atoms with Gasteiger partial charge in [0.15, 0.2) is 0 Å². The smallest absolute Gasteiger partial charge is 0.115 e. The van der Waals surface area contributed by atoms with Crippen molar-refractivity contribution in [2.24, 2.45) is 0 Å². The highest BCUT2D eigenvalue weighted by Gasteiger charge is 1.93. The molecule has 0 atom stereocenters. The molecule has 1 aromatic heterocycles. The standard InChI is InChI=1S/C6H8N2S/c1-2-5-6(9)3-7-4-8-5/h3-4,9H,2H2,1H3. The van der Waals surface area contributed by atoms with E-state index in [2.05, 4.69) is 22.6 Å². The fourth-order valence-corrected chi connectivity index (χ4v) is 0.903. The molecule has 0 saturated carbocycles. The van der Waals surface area contributed by atoms with Crippen molar-refractivity contribution in [2.75, 3.05) is 0 Å². The predicted molar refractivity (Wildman–Crippen MR) is 38.7 cm³/mol. The lowest BCUT2D eigenvalue weighted by molar-refractivity contribution is 0.941. The molecule has 0 aliphatic rings. The van der Waals surface area contributed by atoms with Crippen molar-refractivity contribution in [3.05, 3.63) is 18.2 Å². The Kier molecular flexibility index (Phi) is 2.05. The number of aryl methyl sites for hydroxylation is 1. The first-order chi connectivity index (χ1) is 4.34. The summed E-state index contributed by atoms with van der Waals surface area (Å²) in [5.41, 5.74) is 1.01. The van der Waals surface area contributed by atoms with Crippen LogP contribution in [-0.2, 0) is 6.42 Å². The molecule has 0 bridgehead atoms. The topological polar surface area (TPSA) is 25.8 Å². The van der Waals surface area contributed by atoms with Crippen LogP contribution in [0.1, 0.15) is 12.6 Å². The zero-order valence-corrected chi connectivity index (χ0v) is 6.10. The van der Waals surface area contributed by atoms with Crippen LogP contribution >= 0.6 is 12.6 Å². The van der Waals surface area contributed by atoms with Crippen molar-refractivity contribution >= 4 is 12.6 Å². The van der Waals surface area contributed by atoms with Gasteiger partial charge in [-0.1, -0.05) is 6.92 Å². The van der Waals surface area contributed by atoms with Crippen LogP contribution in [0.3, 0.4) is 0 Å². The summed E-state index contributed by atoms with van der Waals surface area (Å²) in [7, 11) is 0. The summed E-state index contributed by atoms with van der Waals surface area (Å²) >= 11 is 4.15. The van der Waals surface area contributed by atoms with Crippen molar-refractivity contribution in [1.29, 1.82) is 0 Å². The Bertz CT molecular complexity index is 200. The average Bonchev–Trinajstić information content (AvgIpc) is 1.89. The molecule has 0 aromatic carbocycles. The molecule has 0 aliphatic heterocycles. The van der Waals surface area contributed by atoms with E-state index in [9.17, 15) is 0 Å². The Morgan fingerprint density at radius 2 is 2.44 bits per heavy atom. The molecule has 0 saturated heterocycles. The minimum atomic E-state index is 0.875.